The van der Waals surface area contributed by atoms with Crippen LogP contribution in [0.15, 0.2) is 29.3 Å². The summed E-state index contributed by atoms with van der Waals surface area (Å²) in [4.78, 5) is 4.29. The zero-order valence-electron chi connectivity index (χ0n) is 9.86. The van der Waals surface area contributed by atoms with Crippen LogP contribution in [-0.2, 0) is 0 Å². The summed E-state index contributed by atoms with van der Waals surface area (Å²) in [6.07, 6.45) is 0. The number of benzene rings is 1. The van der Waals surface area contributed by atoms with Gasteiger partial charge < -0.3 is 10.1 Å². The molecule has 0 bridgehead atoms. The van der Waals surface area contributed by atoms with E-state index in [9.17, 15) is 0 Å². The number of amidine groups is 1. The van der Waals surface area contributed by atoms with Crippen molar-refractivity contribution >= 4 is 5.84 Å². The zero-order valence-corrected chi connectivity index (χ0v) is 9.86. The van der Waals surface area contributed by atoms with Gasteiger partial charge in [0.2, 0.25) is 0 Å². The molecule has 3 heteroatoms. The molecule has 0 amide bonds. The maximum atomic E-state index is 5.69. The lowest BCUT2D eigenvalue weighted by atomic mass is 10.0. The van der Waals surface area contributed by atoms with Crippen LogP contribution in [0.3, 0.4) is 0 Å². The molecule has 0 aromatic heterocycles. The molecule has 0 saturated heterocycles. The molecule has 1 aromatic rings. The van der Waals surface area contributed by atoms with Gasteiger partial charge in [-0.3, -0.25) is 4.99 Å². The number of rotatable bonds is 4. The van der Waals surface area contributed by atoms with E-state index in [1.807, 2.05) is 12.1 Å². The van der Waals surface area contributed by atoms with Crippen molar-refractivity contribution in [2.24, 2.45) is 4.99 Å². The summed E-state index contributed by atoms with van der Waals surface area (Å²) in [5.41, 5.74) is 1.30. The minimum atomic E-state index is 0.533. The van der Waals surface area contributed by atoms with E-state index >= 15 is 0 Å². The average Bonchev–Trinajstić information content (AvgIpc) is 2.79. The quantitative estimate of drug-likeness (QED) is 0.840. The molecular weight excluding hydrogens is 200 g/mol. The first-order valence-corrected chi connectivity index (χ1v) is 5.75. The van der Waals surface area contributed by atoms with Gasteiger partial charge in [-0.1, -0.05) is 26.0 Å². The molecule has 16 heavy (non-hydrogen) atoms. The van der Waals surface area contributed by atoms with E-state index in [-0.39, 0.29) is 0 Å². The Morgan fingerprint density at radius 1 is 1.44 bits per heavy atom. The van der Waals surface area contributed by atoms with Crippen molar-refractivity contribution in [3.8, 4) is 5.75 Å². The Balaban J connectivity index is 1.95. The Bertz CT molecular complexity index is 385. The predicted molar refractivity (Wildman–Crippen MR) is 66.3 cm³/mol. The van der Waals surface area contributed by atoms with E-state index in [1.54, 1.807) is 0 Å². The minimum Gasteiger partial charge on any atom is -0.486 e. The van der Waals surface area contributed by atoms with E-state index in [0.717, 1.165) is 24.7 Å². The fraction of sp³-hybridized carbons (Fsp3) is 0.462. The smallest absolute Gasteiger partial charge is 0.145 e. The summed E-state index contributed by atoms with van der Waals surface area (Å²) >= 11 is 0. The Labute approximate surface area is 96.5 Å². The molecule has 0 fully saturated rings. The highest BCUT2D eigenvalue weighted by molar-refractivity contribution is 5.84. The normalized spacial score (nSPS) is 14.8. The molecule has 86 valence electrons. The van der Waals surface area contributed by atoms with Gasteiger partial charge in [-0.25, -0.2) is 0 Å². The second kappa shape index (κ2) is 5.01. The molecule has 0 aliphatic carbocycles. The van der Waals surface area contributed by atoms with Crippen LogP contribution in [0.5, 0.6) is 5.75 Å². The Hall–Kier alpha value is -1.51. The van der Waals surface area contributed by atoms with E-state index in [2.05, 4.69) is 36.3 Å². The van der Waals surface area contributed by atoms with Crippen LogP contribution in [0, 0.1) is 0 Å². The van der Waals surface area contributed by atoms with Gasteiger partial charge in [0.15, 0.2) is 0 Å². The summed E-state index contributed by atoms with van der Waals surface area (Å²) in [5, 5.41) is 3.19. The molecule has 0 unspecified atom stereocenters. The molecule has 2 rings (SSSR count). The molecule has 0 radical (unpaired) electrons. The topological polar surface area (TPSA) is 33.6 Å². The SMILES string of the molecule is CC(C)c1cccc(OCC2=NCCN2)c1. The Morgan fingerprint density at radius 3 is 3.00 bits per heavy atom. The fourth-order valence-electron chi connectivity index (χ4n) is 1.66. The van der Waals surface area contributed by atoms with E-state index in [4.69, 9.17) is 4.74 Å². The van der Waals surface area contributed by atoms with E-state index < -0.39 is 0 Å². The lowest BCUT2D eigenvalue weighted by Crippen LogP contribution is -2.24. The van der Waals surface area contributed by atoms with Gasteiger partial charge in [0, 0.05) is 6.54 Å². The lowest BCUT2D eigenvalue weighted by molar-refractivity contribution is 0.373. The maximum Gasteiger partial charge on any atom is 0.145 e. The molecule has 1 aromatic carbocycles. The molecule has 0 saturated carbocycles. The van der Waals surface area contributed by atoms with Gasteiger partial charge in [-0.05, 0) is 23.6 Å². The highest BCUT2D eigenvalue weighted by atomic mass is 16.5. The van der Waals surface area contributed by atoms with E-state index in [1.165, 1.54) is 5.56 Å². The molecule has 1 aliphatic rings. The van der Waals surface area contributed by atoms with Gasteiger partial charge in [0.1, 0.15) is 18.2 Å². The van der Waals surface area contributed by atoms with Crippen LogP contribution in [0.4, 0.5) is 0 Å². The Kier molecular flexibility index (Phi) is 3.44. The third kappa shape index (κ3) is 2.75. The highest BCUT2D eigenvalue weighted by Gasteiger charge is 2.06. The summed E-state index contributed by atoms with van der Waals surface area (Å²) in [7, 11) is 0. The van der Waals surface area contributed by atoms with Crippen LogP contribution < -0.4 is 10.1 Å². The average molecular weight is 218 g/mol. The van der Waals surface area contributed by atoms with Gasteiger partial charge in [0.05, 0.1) is 6.54 Å². The summed E-state index contributed by atoms with van der Waals surface area (Å²) in [6.45, 7) is 6.71. The van der Waals surface area contributed by atoms with Gasteiger partial charge >= 0.3 is 0 Å². The fourth-order valence-corrected chi connectivity index (χ4v) is 1.66. The number of hydrogen-bond acceptors (Lipinski definition) is 3. The molecule has 3 nitrogen and oxygen atoms in total. The van der Waals surface area contributed by atoms with Crippen LogP contribution in [0.1, 0.15) is 25.3 Å². The number of hydrogen-bond donors (Lipinski definition) is 1. The third-order valence-corrected chi connectivity index (χ3v) is 2.64. The summed E-state index contributed by atoms with van der Waals surface area (Å²) < 4.78 is 5.69. The van der Waals surface area contributed by atoms with Crippen LogP contribution in [0.2, 0.25) is 0 Å². The highest BCUT2D eigenvalue weighted by Crippen LogP contribution is 2.19. The van der Waals surface area contributed by atoms with Crippen molar-refractivity contribution in [1.29, 1.82) is 0 Å². The minimum absolute atomic E-state index is 0.533. The van der Waals surface area contributed by atoms with Crippen molar-refractivity contribution < 1.29 is 4.74 Å². The summed E-state index contributed by atoms with van der Waals surface area (Å²) in [6, 6.07) is 8.25. The van der Waals surface area contributed by atoms with Crippen molar-refractivity contribution in [2.75, 3.05) is 19.7 Å². The molecule has 1 heterocycles. The molecular formula is C13H18N2O. The summed E-state index contributed by atoms with van der Waals surface area (Å²) in [5.74, 6) is 2.41. The van der Waals surface area contributed by atoms with Gasteiger partial charge in [0.25, 0.3) is 0 Å². The third-order valence-electron chi connectivity index (χ3n) is 2.64. The first-order chi connectivity index (χ1) is 7.75. The first-order valence-electron chi connectivity index (χ1n) is 5.75. The lowest BCUT2D eigenvalue weighted by Gasteiger charge is -2.10. The zero-order chi connectivity index (χ0) is 11.4. The van der Waals surface area contributed by atoms with Crippen LogP contribution in [0.25, 0.3) is 0 Å². The Morgan fingerprint density at radius 2 is 2.31 bits per heavy atom. The maximum absolute atomic E-state index is 5.69. The van der Waals surface area contributed by atoms with Gasteiger partial charge in [-0.2, -0.15) is 0 Å². The van der Waals surface area contributed by atoms with Crippen LogP contribution >= 0.6 is 0 Å². The van der Waals surface area contributed by atoms with E-state index in [0.29, 0.717) is 12.5 Å². The predicted octanol–water partition coefficient (Wildman–Crippen LogP) is 2.19. The van der Waals surface area contributed by atoms with Crippen LogP contribution in [-0.4, -0.2) is 25.5 Å². The number of nitrogens with one attached hydrogen (secondary N) is 1. The van der Waals surface area contributed by atoms with Gasteiger partial charge in [-0.15, -0.1) is 0 Å². The monoisotopic (exact) mass is 218 g/mol. The largest absolute Gasteiger partial charge is 0.486 e. The van der Waals surface area contributed by atoms with Crippen molar-refractivity contribution in [3.63, 3.8) is 0 Å². The van der Waals surface area contributed by atoms with Crippen molar-refractivity contribution in [1.82, 2.24) is 5.32 Å². The van der Waals surface area contributed by atoms with Crippen molar-refractivity contribution in [2.45, 2.75) is 19.8 Å². The number of nitrogens with zero attached hydrogens (tertiary/aromatic N) is 1. The first kappa shape index (κ1) is 11.0. The molecule has 1 N–H and O–H groups in total. The molecule has 0 atom stereocenters. The van der Waals surface area contributed by atoms with Crippen molar-refractivity contribution in [3.05, 3.63) is 29.8 Å². The second-order valence-corrected chi connectivity index (χ2v) is 4.27. The number of ether oxygens (including phenoxy) is 1. The standard InChI is InChI=1S/C13H18N2O/c1-10(2)11-4-3-5-12(8-11)16-9-13-14-6-7-15-13/h3-5,8,10H,6-7,9H2,1-2H3,(H,14,15). The number of aliphatic imine (C=N–C) groups is 1. The molecule has 1 aliphatic heterocycles. The second-order valence-electron chi connectivity index (χ2n) is 4.27. The molecule has 0 spiro atoms.